The van der Waals surface area contributed by atoms with Crippen molar-refractivity contribution >= 4 is 0 Å². The van der Waals surface area contributed by atoms with Crippen molar-refractivity contribution in [2.75, 3.05) is 0 Å². The van der Waals surface area contributed by atoms with E-state index >= 15 is 0 Å². The van der Waals surface area contributed by atoms with Crippen LogP contribution in [0.2, 0.25) is 0 Å². The van der Waals surface area contributed by atoms with Crippen LogP contribution in [0.25, 0.3) is 0 Å². The molecular formula is C16H22. The molecule has 86 valence electrons. The van der Waals surface area contributed by atoms with E-state index in [1.165, 1.54) is 24.0 Å². The minimum Gasteiger partial charge on any atom is -0.119 e. The molecule has 1 aromatic carbocycles. The van der Waals surface area contributed by atoms with E-state index in [9.17, 15) is 0 Å². The molecule has 0 heteroatoms. The molecule has 0 nitrogen and oxygen atoms in total. The molecule has 0 heterocycles. The Balaban J connectivity index is 2.75. The van der Waals surface area contributed by atoms with E-state index in [1.807, 2.05) is 0 Å². The fourth-order valence-electron chi connectivity index (χ4n) is 1.87. The lowest BCUT2D eigenvalue weighted by Gasteiger charge is -2.12. The third-order valence-electron chi connectivity index (χ3n) is 3.05. The molecule has 0 amide bonds. The summed E-state index contributed by atoms with van der Waals surface area (Å²) in [6.45, 7) is 6.63. The molecule has 0 saturated carbocycles. The van der Waals surface area contributed by atoms with Crippen LogP contribution in [0, 0.1) is 12.3 Å². The maximum Gasteiger partial charge on any atom is 0.0449 e. The summed E-state index contributed by atoms with van der Waals surface area (Å²) in [6.07, 6.45) is 9.12. The Kier molecular flexibility index (Phi) is 5.12. The van der Waals surface area contributed by atoms with E-state index in [2.05, 4.69) is 51.0 Å². The predicted octanol–water partition coefficient (Wildman–Crippen LogP) is 4.72. The molecule has 0 radical (unpaired) electrons. The van der Waals surface area contributed by atoms with Gasteiger partial charge in [-0.15, -0.1) is 6.42 Å². The highest BCUT2D eigenvalue weighted by Gasteiger charge is 2.08. The highest BCUT2D eigenvalue weighted by molar-refractivity contribution is 5.31. The van der Waals surface area contributed by atoms with Crippen LogP contribution in [-0.4, -0.2) is 0 Å². The van der Waals surface area contributed by atoms with Gasteiger partial charge in [-0.3, -0.25) is 0 Å². The van der Waals surface area contributed by atoms with Gasteiger partial charge in [0, 0.05) is 5.92 Å². The van der Waals surface area contributed by atoms with Crippen molar-refractivity contribution < 1.29 is 0 Å². The summed E-state index contributed by atoms with van der Waals surface area (Å²) < 4.78 is 0. The molecule has 1 unspecified atom stereocenters. The van der Waals surface area contributed by atoms with Crippen LogP contribution in [0.3, 0.4) is 0 Å². The Morgan fingerprint density at radius 3 is 2.12 bits per heavy atom. The van der Waals surface area contributed by atoms with Crippen molar-refractivity contribution in [2.24, 2.45) is 0 Å². The summed E-state index contributed by atoms with van der Waals surface area (Å²) in [7, 11) is 0. The Labute approximate surface area is 100 Å². The van der Waals surface area contributed by atoms with E-state index in [0.717, 1.165) is 6.42 Å². The van der Waals surface area contributed by atoms with Crippen molar-refractivity contribution in [3.8, 4) is 12.3 Å². The summed E-state index contributed by atoms with van der Waals surface area (Å²) in [5.74, 6) is 3.79. The second-order valence-corrected chi connectivity index (χ2v) is 4.68. The average molecular weight is 214 g/mol. The fourth-order valence-corrected chi connectivity index (χ4v) is 1.87. The van der Waals surface area contributed by atoms with Crippen LogP contribution in [0.1, 0.15) is 63.0 Å². The molecule has 16 heavy (non-hydrogen) atoms. The predicted molar refractivity (Wildman–Crippen MR) is 71.6 cm³/mol. The first-order valence-corrected chi connectivity index (χ1v) is 6.25. The summed E-state index contributed by atoms with van der Waals surface area (Å²) in [5.41, 5.74) is 2.68. The number of benzene rings is 1. The van der Waals surface area contributed by atoms with Gasteiger partial charge in [-0.1, -0.05) is 63.8 Å². The summed E-state index contributed by atoms with van der Waals surface area (Å²) >= 11 is 0. The Morgan fingerprint density at radius 1 is 1.12 bits per heavy atom. The van der Waals surface area contributed by atoms with Crippen molar-refractivity contribution in [3.05, 3.63) is 35.4 Å². The molecule has 0 spiro atoms. The van der Waals surface area contributed by atoms with Crippen molar-refractivity contribution in [3.63, 3.8) is 0 Å². The topological polar surface area (TPSA) is 0 Å². The van der Waals surface area contributed by atoms with Gasteiger partial charge in [0.05, 0.1) is 0 Å². The normalized spacial score (nSPS) is 12.4. The van der Waals surface area contributed by atoms with Gasteiger partial charge in [0.25, 0.3) is 0 Å². The van der Waals surface area contributed by atoms with Crippen LogP contribution in [-0.2, 0) is 0 Å². The number of rotatable bonds is 5. The zero-order chi connectivity index (χ0) is 12.0. The van der Waals surface area contributed by atoms with Crippen LogP contribution < -0.4 is 0 Å². The second kappa shape index (κ2) is 6.38. The van der Waals surface area contributed by atoms with Crippen LogP contribution in [0.4, 0.5) is 0 Å². The van der Waals surface area contributed by atoms with Crippen LogP contribution in [0.5, 0.6) is 0 Å². The molecule has 1 aromatic rings. The molecule has 1 rings (SSSR count). The molecule has 0 bridgehead atoms. The van der Waals surface area contributed by atoms with E-state index in [-0.39, 0.29) is 0 Å². The fraction of sp³-hybridized carbons (Fsp3) is 0.500. The Hall–Kier alpha value is -1.22. The van der Waals surface area contributed by atoms with Gasteiger partial charge in [-0.05, 0) is 23.5 Å². The van der Waals surface area contributed by atoms with E-state index < -0.39 is 0 Å². The monoisotopic (exact) mass is 214 g/mol. The highest BCUT2D eigenvalue weighted by atomic mass is 14.1. The lowest BCUT2D eigenvalue weighted by atomic mass is 9.92. The maximum atomic E-state index is 5.59. The van der Waals surface area contributed by atoms with Crippen molar-refractivity contribution in [2.45, 2.75) is 51.9 Å². The second-order valence-electron chi connectivity index (χ2n) is 4.68. The molecule has 0 fully saturated rings. The number of unbranched alkanes of at least 4 members (excludes halogenated alkanes) is 1. The molecule has 0 aliphatic carbocycles. The smallest absolute Gasteiger partial charge is 0.0449 e. The van der Waals surface area contributed by atoms with Gasteiger partial charge in [-0.2, -0.15) is 0 Å². The quantitative estimate of drug-likeness (QED) is 0.622. The van der Waals surface area contributed by atoms with Gasteiger partial charge < -0.3 is 0 Å². The summed E-state index contributed by atoms with van der Waals surface area (Å²) in [5, 5.41) is 0. The first-order chi connectivity index (χ1) is 7.69. The standard InChI is InChI=1S/C16H22/c1-5-7-8-14(6-2)16-11-9-15(10-12-16)13(3)4/h2,9-14H,5,7-8H2,1,3-4H3. The number of hydrogen-bond acceptors (Lipinski definition) is 0. The van der Waals surface area contributed by atoms with Crippen LogP contribution >= 0.6 is 0 Å². The highest BCUT2D eigenvalue weighted by Crippen LogP contribution is 2.23. The molecule has 0 aromatic heterocycles. The first-order valence-electron chi connectivity index (χ1n) is 6.25. The Bertz CT molecular complexity index is 337. The molecule has 0 N–H and O–H groups in total. The van der Waals surface area contributed by atoms with Gasteiger partial charge in [0.2, 0.25) is 0 Å². The van der Waals surface area contributed by atoms with Crippen LogP contribution in [0.15, 0.2) is 24.3 Å². The maximum absolute atomic E-state index is 5.59. The SMILES string of the molecule is C#CC(CCCC)c1ccc(C(C)C)cc1. The Morgan fingerprint density at radius 2 is 1.69 bits per heavy atom. The van der Waals surface area contributed by atoms with Gasteiger partial charge in [-0.25, -0.2) is 0 Å². The third-order valence-corrected chi connectivity index (χ3v) is 3.05. The zero-order valence-corrected chi connectivity index (χ0v) is 10.7. The molecule has 0 aliphatic heterocycles. The van der Waals surface area contributed by atoms with Gasteiger partial charge >= 0.3 is 0 Å². The van der Waals surface area contributed by atoms with Gasteiger partial charge in [0.1, 0.15) is 0 Å². The molecule has 0 saturated heterocycles. The first kappa shape index (κ1) is 12.8. The van der Waals surface area contributed by atoms with Crippen molar-refractivity contribution in [1.82, 2.24) is 0 Å². The minimum atomic E-state index is 0.293. The number of terminal acetylenes is 1. The summed E-state index contributed by atoms with van der Waals surface area (Å²) in [6, 6.07) is 8.79. The number of hydrogen-bond donors (Lipinski definition) is 0. The largest absolute Gasteiger partial charge is 0.119 e. The van der Waals surface area contributed by atoms with E-state index in [0.29, 0.717) is 11.8 Å². The minimum absolute atomic E-state index is 0.293. The van der Waals surface area contributed by atoms with E-state index in [1.54, 1.807) is 0 Å². The zero-order valence-electron chi connectivity index (χ0n) is 10.7. The summed E-state index contributed by atoms with van der Waals surface area (Å²) in [4.78, 5) is 0. The molecular weight excluding hydrogens is 192 g/mol. The van der Waals surface area contributed by atoms with E-state index in [4.69, 9.17) is 6.42 Å². The van der Waals surface area contributed by atoms with Crippen molar-refractivity contribution in [1.29, 1.82) is 0 Å². The average Bonchev–Trinajstić information content (AvgIpc) is 2.30. The van der Waals surface area contributed by atoms with Gasteiger partial charge in [0.15, 0.2) is 0 Å². The molecule has 1 atom stereocenters. The lowest BCUT2D eigenvalue weighted by molar-refractivity contribution is 0.675. The third kappa shape index (κ3) is 3.42. The molecule has 0 aliphatic rings. The lowest BCUT2D eigenvalue weighted by Crippen LogP contribution is -1.96.